The van der Waals surface area contributed by atoms with Gasteiger partial charge in [-0.1, -0.05) is 0 Å². The third-order valence-corrected chi connectivity index (χ3v) is 0.865. The molecule has 3 N–H and O–H groups in total. The number of halogens is 3. The molecule has 2 atom stereocenters. The molecule has 2 unspecified atom stereocenters. The molecule has 0 radical (unpaired) electrons. The van der Waals surface area contributed by atoms with Gasteiger partial charge in [0.15, 0.2) is 0 Å². The van der Waals surface area contributed by atoms with E-state index in [-0.39, 0.29) is 0 Å². The summed E-state index contributed by atoms with van der Waals surface area (Å²) >= 11 is 0. The van der Waals surface area contributed by atoms with Crippen molar-refractivity contribution in [1.29, 1.82) is 0 Å². The standard InChI is InChI=1S/C4H6F3NO2/c5-1(4(9)10)2(8)3(6)7/h1-3H,8H2,(H,9,10). The van der Waals surface area contributed by atoms with Gasteiger partial charge in [0.1, 0.15) is 6.04 Å². The molecule has 0 amide bonds. The Labute approximate surface area is 54.6 Å². The topological polar surface area (TPSA) is 63.3 Å². The number of rotatable bonds is 3. The van der Waals surface area contributed by atoms with Crippen LogP contribution in [0.4, 0.5) is 13.2 Å². The molecule has 6 heteroatoms. The second kappa shape index (κ2) is 3.40. The van der Waals surface area contributed by atoms with Gasteiger partial charge in [0.05, 0.1) is 0 Å². The van der Waals surface area contributed by atoms with Crippen LogP contribution in [0, 0.1) is 0 Å². The maximum absolute atomic E-state index is 12.0. The van der Waals surface area contributed by atoms with Crippen molar-refractivity contribution in [3.8, 4) is 0 Å². The Kier molecular flexibility index (Phi) is 3.14. The summed E-state index contributed by atoms with van der Waals surface area (Å²) in [5.74, 6) is -1.96. The normalized spacial score (nSPS) is 16.9. The smallest absolute Gasteiger partial charge is 0.340 e. The number of aliphatic carboxylic acids is 1. The maximum Gasteiger partial charge on any atom is 0.340 e. The largest absolute Gasteiger partial charge is 0.479 e. The molecular weight excluding hydrogens is 151 g/mol. The molecule has 10 heavy (non-hydrogen) atoms. The minimum atomic E-state index is -3.15. The highest BCUT2D eigenvalue weighted by atomic mass is 19.3. The van der Waals surface area contributed by atoms with Crippen molar-refractivity contribution in [3.05, 3.63) is 0 Å². The zero-order valence-corrected chi connectivity index (χ0v) is 4.80. The Hall–Kier alpha value is -0.780. The summed E-state index contributed by atoms with van der Waals surface area (Å²) in [6.45, 7) is 0. The van der Waals surface area contributed by atoms with Gasteiger partial charge in [0.2, 0.25) is 6.17 Å². The lowest BCUT2D eigenvalue weighted by Crippen LogP contribution is -2.42. The van der Waals surface area contributed by atoms with Crippen LogP contribution in [0.25, 0.3) is 0 Å². The van der Waals surface area contributed by atoms with Crippen molar-refractivity contribution in [2.75, 3.05) is 0 Å². The predicted molar refractivity (Wildman–Crippen MR) is 26.5 cm³/mol. The van der Waals surface area contributed by atoms with E-state index in [0.29, 0.717) is 0 Å². The first kappa shape index (κ1) is 9.22. The Bertz CT molecular complexity index is 130. The first-order valence-electron chi connectivity index (χ1n) is 2.37. The molecule has 0 aromatic rings. The molecule has 0 aromatic heterocycles. The zero-order chi connectivity index (χ0) is 8.31. The highest BCUT2D eigenvalue weighted by Gasteiger charge is 2.31. The molecule has 0 saturated carbocycles. The lowest BCUT2D eigenvalue weighted by molar-refractivity contribution is -0.145. The lowest BCUT2D eigenvalue weighted by Gasteiger charge is -2.10. The van der Waals surface area contributed by atoms with Gasteiger partial charge in [-0.2, -0.15) is 0 Å². The van der Waals surface area contributed by atoms with Crippen LogP contribution >= 0.6 is 0 Å². The van der Waals surface area contributed by atoms with E-state index in [4.69, 9.17) is 5.11 Å². The molecule has 0 saturated heterocycles. The van der Waals surface area contributed by atoms with Crippen LogP contribution in [0.2, 0.25) is 0 Å². The summed E-state index contributed by atoms with van der Waals surface area (Å²) in [4.78, 5) is 9.66. The maximum atomic E-state index is 12.0. The van der Waals surface area contributed by atoms with Gasteiger partial charge in [-0.3, -0.25) is 0 Å². The monoisotopic (exact) mass is 157 g/mol. The fourth-order valence-corrected chi connectivity index (χ4v) is 0.292. The average Bonchev–Trinajstić information content (AvgIpc) is 1.84. The first-order chi connectivity index (χ1) is 4.46. The molecule has 0 aliphatic rings. The number of carbonyl (C=O) groups is 1. The molecule has 60 valence electrons. The summed E-state index contributed by atoms with van der Waals surface area (Å²) in [5, 5.41) is 7.81. The predicted octanol–water partition coefficient (Wildman–Crippen LogP) is 0.00150. The van der Waals surface area contributed by atoms with E-state index < -0.39 is 24.6 Å². The van der Waals surface area contributed by atoms with Crippen molar-refractivity contribution in [2.24, 2.45) is 5.73 Å². The van der Waals surface area contributed by atoms with Crippen LogP contribution in [0.1, 0.15) is 0 Å². The third kappa shape index (κ3) is 2.22. The molecule has 0 heterocycles. The van der Waals surface area contributed by atoms with Crippen LogP contribution in [0.3, 0.4) is 0 Å². The van der Waals surface area contributed by atoms with Crippen LogP contribution in [0.5, 0.6) is 0 Å². The molecule has 0 bridgehead atoms. The molecule has 0 aliphatic carbocycles. The second-order valence-corrected chi connectivity index (χ2v) is 1.65. The van der Waals surface area contributed by atoms with Gasteiger partial charge in [0, 0.05) is 0 Å². The van der Waals surface area contributed by atoms with Gasteiger partial charge in [0.25, 0.3) is 6.43 Å². The number of carboxylic acids is 1. The van der Waals surface area contributed by atoms with Gasteiger partial charge < -0.3 is 10.8 Å². The van der Waals surface area contributed by atoms with E-state index in [2.05, 4.69) is 5.73 Å². The van der Waals surface area contributed by atoms with Gasteiger partial charge in [-0.25, -0.2) is 18.0 Å². The fraction of sp³-hybridized carbons (Fsp3) is 0.750. The lowest BCUT2D eigenvalue weighted by atomic mass is 10.2. The molecular formula is C4H6F3NO2. The minimum Gasteiger partial charge on any atom is -0.479 e. The fourth-order valence-electron chi connectivity index (χ4n) is 0.292. The van der Waals surface area contributed by atoms with Crippen LogP contribution < -0.4 is 5.73 Å². The SMILES string of the molecule is NC(C(F)F)C(F)C(=O)O. The molecule has 0 spiro atoms. The Balaban J connectivity index is 3.94. The quantitative estimate of drug-likeness (QED) is 0.606. The van der Waals surface area contributed by atoms with E-state index in [1.165, 1.54) is 0 Å². The van der Waals surface area contributed by atoms with Crippen molar-refractivity contribution in [2.45, 2.75) is 18.6 Å². The summed E-state index contributed by atoms with van der Waals surface area (Å²) in [6, 6.07) is -2.24. The Morgan fingerprint density at radius 3 is 1.90 bits per heavy atom. The van der Waals surface area contributed by atoms with Crippen molar-refractivity contribution >= 4 is 5.97 Å². The second-order valence-electron chi connectivity index (χ2n) is 1.65. The molecule has 0 fully saturated rings. The number of nitrogens with two attached hydrogens (primary N) is 1. The van der Waals surface area contributed by atoms with Crippen LogP contribution in [-0.4, -0.2) is 29.7 Å². The van der Waals surface area contributed by atoms with Crippen molar-refractivity contribution < 1.29 is 23.1 Å². The molecule has 0 aromatic carbocycles. The summed E-state index contributed by atoms with van der Waals surface area (Å²) in [6.07, 6.45) is -5.84. The first-order valence-corrected chi connectivity index (χ1v) is 2.37. The van der Waals surface area contributed by atoms with Crippen molar-refractivity contribution in [1.82, 2.24) is 0 Å². The van der Waals surface area contributed by atoms with E-state index in [1.54, 1.807) is 0 Å². The Morgan fingerprint density at radius 2 is 1.80 bits per heavy atom. The molecule has 0 aliphatic heterocycles. The van der Waals surface area contributed by atoms with E-state index >= 15 is 0 Å². The highest BCUT2D eigenvalue weighted by Crippen LogP contribution is 2.06. The number of carboxylic acid groups (broad SMARTS) is 1. The minimum absolute atomic E-state index is 1.96. The Morgan fingerprint density at radius 1 is 1.40 bits per heavy atom. The molecule has 3 nitrogen and oxygen atoms in total. The number of alkyl halides is 3. The number of hydrogen-bond acceptors (Lipinski definition) is 2. The summed E-state index contributed by atoms with van der Waals surface area (Å²) in [7, 11) is 0. The number of hydrogen-bond donors (Lipinski definition) is 2. The third-order valence-electron chi connectivity index (χ3n) is 0.865. The van der Waals surface area contributed by atoms with E-state index in [0.717, 1.165) is 0 Å². The van der Waals surface area contributed by atoms with Gasteiger partial charge in [-0.15, -0.1) is 0 Å². The van der Waals surface area contributed by atoms with Crippen LogP contribution in [0.15, 0.2) is 0 Å². The van der Waals surface area contributed by atoms with E-state index in [1.807, 2.05) is 0 Å². The highest BCUT2D eigenvalue weighted by molar-refractivity contribution is 5.73. The van der Waals surface area contributed by atoms with Gasteiger partial charge in [-0.05, 0) is 0 Å². The van der Waals surface area contributed by atoms with E-state index in [9.17, 15) is 18.0 Å². The van der Waals surface area contributed by atoms with Gasteiger partial charge >= 0.3 is 5.97 Å². The molecule has 0 rings (SSSR count). The summed E-state index contributed by atoms with van der Waals surface area (Å²) in [5.41, 5.74) is 4.46. The van der Waals surface area contributed by atoms with Crippen molar-refractivity contribution in [3.63, 3.8) is 0 Å². The van der Waals surface area contributed by atoms with Crippen LogP contribution in [-0.2, 0) is 4.79 Å². The average molecular weight is 157 g/mol. The zero-order valence-electron chi connectivity index (χ0n) is 4.80. The summed E-state index contributed by atoms with van der Waals surface area (Å²) < 4.78 is 34.8.